The third kappa shape index (κ3) is 5.41. The molecule has 3 aromatic rings. The average Bonchev–Trinajstić information content (AvgIpc) is 2.82. The van der Waals surface area contributed by atoms with Crippen LogP contribution in [0.2, 0.25) is 0 Å². The van der Waals surface area contributed by atoms with Crippen LogP contribution < -0.4 is 19.7 Å². The second-order valence-electron chi connectivity index (χ2n) is 7.18. The molecule has 4 rings (SSSR count). The van der Waals surface area contributed by atoms with Gasteiger partial charge in [0.25, 0.3) is 5.91 Å². The summed E-state index contributed by atoms with van der Waals surface area (Å²) < 4.78 is 11.3. The highest BCUT2D eigenvalue weighted by molar-refractivity contribution is 7.80. The van der Waals surface area contributed by atoms with Crippen LogP contribution in [0.25, 0.3) is 0 Å². The van der Waals surface area contributed by atoms with E-state index in [-0.39, 0.29) is 5.91 Å². The molecule has 0 bridgehead atoms. The number of amides is 1. The molecule has 1 aliphatic rings. The molecule has 0 aliphatic carbocycles. The van der Waals surface area contributed by atoms with Gasteiger partial charge in [0.2, 0.25) is 0 Å². The van der Waals surface area contributed by atoms with Gasteiger partial charge in [0.1, 0.15) is 24.7 Å². The number of para-hydroxylation sites is 2. The predicted octanol–water partition coefficient (Wildman–Crippen LogP) is 4.61. The number of nitrogens with zero attached hydrogens (tertiary/aromatic N) is 1. The zero-order valence-electron chi connectivity index (χ0n) is 17.1. The highest BCUT2D eigenvalue weighted by Gasteiger charge is 2.21. The largest absolute Gasteiger partial charge is 0.490 e. The zero-order valence-corrected chi connectivity index (χ0v) is 17.9. The molecule has 0 radical (unpaired) electrons. The third-order valence-electron chi connectivity index (χ3n) is 5.06. The van der Waals surface area contributed by atoms with Crippen LogP contribution in [0.5, 0.6) is 11.5 Å². The molecular weight excluding hydrogens is 408 g/mol. The number of carbonyl (C=O) groups excluding carboxylic acids is 1. The monoisotopic (exact) mass is 432 g/mol. The predicted molar refractivity (Wildman–Crippen MR) is 126 cm³/mol. The number of ether oxygens (including phenoxy) is 2. The molecule has 3 aromatic carbocycles. The molecular formula is C25H24N2O3S. The van der Waals surface area contributed by atoms with E-state index in [1.807, 2.05) is 53.4 Å². The number of carbonyl (C=O) groups is 1. The fourth-order valence-corrected chi connectivity index (χ4v) is 3.80. The Morgan fingerprint density at radius 3 is 2.26 bits per heavy atom. The number of hydrogen-bond donors (Lipinski definition) is 1. The minimum Gasteiger partial charge on any atom is -0.490 e. The average molecular weight is 433 g/mol. The maximum Gasteiger partial charge on any atom is 0.257 e. The lowest BCUT2D eigenvalue weighted by Gasteiger charge is -2.31. The molecule has 5 nitrogen and oxygen atoms in total. The van der Waals surface area contributed by atoms with Gasteiger partial charge in [-0.15, -0.1) is 0 Å². The maximum atomic E-state index is 12.7. The lowest BCUT2D eigenvalue weighted by Crippen LogP contribution is -2.45. The SMILES string of the molecule is O=C(NC(=S)N1CCCc2ccccc21)c1ccc(OCCOc2ccccc2)cc1. The maximum absolute atomic E-state index is 12.7. The summed E-state index contributed by atoms with van der Waals surface area (Å²) in [6, 6.07) is 24.8. The smallest absolute Gasteiger partial charge is 0.257 e. The molecule has 1 heterocycles. The standard InChI is InChI=1S/C25H24N2O3S/c28-24(26-25(31)27-16-6-8-19-7-4-5-11-23(19)27)20-12-14-22(15-13-20)30-18-17-29-21-9-2-1-3-10-21/h1-5,7,9-15H,6,8,16-18H2,(H,26,28,31). The van der Waals surface area contributed by atoms with Gasteiger partial charge < -0.3 is 14.4 Å². The summed E-state index contributed by atoms with van der Waals surface area (Å²) in [7, 11) is 0. The molecule has 31 heavy (non-hydrogen) atoms. The number of benzene rings is 3. The number of rotatable bonds is 6. The Labute approximate surface area is 187 Å². The molecule has 0 atom stereocenters. The zero-order chi connectivity index (χ0) is 21.5. The first kappa shape index (κ1) is 20.9. The number of fused-ring (bicyclic) bond motifs is 1. The summed E-state index contributed by atoms with van der Waals surface area (Å²) in [5.41, 5.74) is 2.85. The number of hydrogen-bond acceptors (Lipinski definition) is 4. The molecule has 0 saturated heterocycles. The molecule has 0 saturated carbocycles. The van der Waals surface area contributed by atoms with Gasteiger partial charge in [0.15, 0.2) is 5.11 Å². The molecule has 1 N–H and O–H groups in total. The lowest BCUT2D eigenvalue weighted by atomic mass is 10.0. The van der Waals surface area contributed by atoms with Gasteiger partial charge >= 0.3 is 0 Å². The molecule has 0 aromatic heterocycles. The first-order valence-corrected chi connectivity index (χ1v) is 10.7. The van der Waals surface area contributed by atoms with Crippen molar-refractivity contribution in [1.82, 2.24) is 5.32 Å². The first-order valence-electron chi connectivity index (χ1n) is 10.3. The van der Waals surface area contributed by atoms with Crippen LogP contribution in [0.4, 0.5) is 5.69 Å². The summed E-state index contributed by atoms with van der Waals surface area (Å²) in [5, 5.41) is 3.28. The van der Waals surface area contributed by atoms with Crippen molar-refractivity contribution in [1.29, 1.82) is 0 Å². The topological polar surface area (TPSA) is 50.8 Å². The van der Waals surface area contributed by atoms with E-state index in [1.165, 1.54) is 5.56 Å². The molecule has 1 aliphatic heterocycles. The van der Waals surface area contributed by atoms with E-state index in [0.29, 0.717) is 29.6 Å². The fourth-order valence-electron chi connectivity index (χ4n) is 3.52. The Hall–Kier alpha value is -3.38. The molecule has 0 spiro atoms. The second-order valence-corrected chi connectivity index (χ2v) is 7.56. The first-order chi connectivity index (χ1) is 15.2. The number of aryl methyl sites for hydroxylation is 1. The minimum atomic E-state index is -0.230. The summed E-state index contributed by atoms with van der Waals surface area (Å²) in [6.45, 7) is 1.66. The van der Waals surface area contributed by atoms with Gasteiger partial charge in [-0.05, 0) is 73.1 Å². The molecule has 158 valence electrons. The van der Waals surface area contributed by atoms with Gasteiger partial charge in [-0.2, -0.15) is 0 Å². The van der Waals surface area contributed by atoms with Crippen LogP contribution in [-0.4, -0.2) is 30.8 Å². The lowest BCUT2D eigenvalue weighted by molar-refractivity contribution is 0.0977. The van der Waals surface area contributed by atoms with Gasteiger partial charge in [-0.25, -0.2) is 0 Å². The second kappa shape index (κ2) is 10.1. The van der Waals surface area contributed by atoms with E-state index in [0.717, 1.165) is 30.8 Å². The van der Waals surface area contributed by atoms with E-state index in [4.69, 9.17) is 21.7 Å². The van der Waals surface area contributed by atoms with E-state index in [9.17, 15) is 4.79 Å². The Morgan fingerprint density at radius 1 is 0.871 bits per heavy atom. The highest BCUT2D eigenvalue weighted by atomic mass is 32.1. The van der Waals surface area contributed by atoms with Crippen LogP contribution in [0.3, 0.4) is 0 Å². The van der Waals surface area contributed by atoms with Crippen LogP contribution in [-0.2, 0) is 6.42 Å². The van der Waals surface area contributed by atoms with E-state index in [2.05, 4.69) is 11.4 Å². The number of nitrogens with one attached hydrogen (secondary N) is 1. The number of thiocarbonyl (C=S) groups is 1. The van der Waals surface area contributed by atoms with E-state index in [1.54, 1.807) is 24.3 Å². The van der Waals surface area contributed by atoms with E-state index >= 15 is 0 Å². The molecule has 1 amide bonds. The summed E-state index contributed by atoms with van der Waals surface area (Å²) >= 11 is 5.52. The summed E-state index contributed by atoms with van der Waals surface area (Å²) in [4.78, 5) is 14.6. The van der Waals surface area contributed by atoms with Crippen molar-refractivity contribution in [3.8, 4) is 11.5 Å². The van der Waals surface area contributed by atoms with Gasteiger partial charge in [0.05, 0.1) is 0 Å². The van der Waals surface area contributed by atoms with Crippen LogP contribution >= 0.6 is 12.2 Å². The van der Waals surface area contributed by atoms with Crippen molar-refractivity contribution in [2.75, 3.05) is 24.7 Å². The fraction of sp³-hybridized carbons (Fsp3) is 0.200. The van der Waals surface area contributed by atoms with Crippen molar-refractivity contribution >= 4 is 28.9 Å². The highest BCUT2D eigenvalue weighted by Crippen LogP contribution is 2.26. The van der Waals surface area contributed by atoms with Gasteiger partial charge in [-0.1, -0.05) is 36.4 Å². The van der Waals surface area contributed by atoms with Crippen LogP contribution in [0.1, 0.15) is 22.3 Å². The Morgan fingerprint density at radius 2 is 1.52 bits per heavy atom. The van der Waals surface area contributed by atoms with Gasteiger partial charge in [0, 0.05) is 17.8 Å². The van der Waals surface area contributed by atoms with Gasteiger partial charge in [-0.3, -0.25) is 10.1 Å². The Bertz CT molecular complexity index is 1040. The van der Waals surface area contributed by atoms with Crippen molar-refractivity contribution < 1.29 is 14.3 Å². The summed E-state index contributed by atoms with van der Waals surface area (Å²) in [6.07, 6.45) is 2.04. The van der Waals surface area contributed by atoms with Crippen molar-refractivity contribution in [2.24, 2.45) is 0 Å². The Kier molecular flexibility index (Phi) is 6.79. The van der Waals surface area contributed by atoms with Crippen molar-refractivity contribution in [3.05, 3.63) is 90.0 Å². The normalized spacial score (nSPS) is 12.6. The minimum absolute atomic E-state index is 0.230. The van der Waals surface area contributed by atoms with Crippen LogP contribution in [0, 0.1) is 0 Å². The number of anilines is 1. The molecule has 6 heteroatoms. The summed E-state index contributed by atoms with van der Waals surface area (Å²) in [5.74, 6) is 1.26. The van der Waals surface area contributed by atoms with Crippen molar-refractivity contribution in [2.45, 2.75) is 12.8 Å². The van der Waals surface area contributed by atoms with Crippen molar-refractivity contribution in [3.63, 3.8) is 0 Å². The van der Waals surface area contributed by atoms with Crippen LogP contribution in [0.15, 0.2) is 78.9 Å². The third-order valence-corrected chi connectivity index (χ3v) is 5.38. The quantitative estimate of drug-likeness (QED) is 0.455. The Balaban J connectivity index is 1.28. The molecule has 0 fully saturated rings. The van der Waals surface area contributed by atoms with E-state index < -0.39 is 0 Å². The molecule has 0 unspecified atom stereocenters.